The van der Waals surface area contributed by atoms with Crippen LogP contribution < -0.4 is 5.73 Å². The van der Waals surface area contributed by atoms with Gasteiger partial charge >= 0.3 is 0 Å². The van der Waals surface area contributed by atoms with Crippen LogP contribution in [0.2, 0.25) is 0 Å². The van der Waals surface area contributed by atoms with Crippen molar-refractivity contribution in [3.8, 4) is 11.4 Å². The van der Waals surface area contributed by atoms with E-state index in [2.05, 4.69) is 29.3 Å². The third kappa shape index (κ3) is 1.76. The number of hydrogen-bond donors (Lipinski definition) is 1. The molecule has 0 bridgehead atoms. The molecule has 0 spiro atoms. The Kier molecular flexibility index (Phi) is 2.51. The van der Waals surface area contributed by atoms with E-state index in [9.17, 15) is 0 Å². The van der Waals surface area contributed by atoms with Crippen molar-refractivity contribution >= 4 is 0 Å². The van der Waals surface area contributed by atoms with E-state index in [4.69, 9.17) is 5.73 Å². The lowest BCUT2D eigenvalue weighted by atomic mass is 10.1. The molecule has 0 fully saturated rings. The zero-order chi connectivity index (χ0) is 10.8. The molecule has 0 saturated heterocycles. The minimum absolute atomic E-state index is 0.412. The number of aromatic nitrogens is 3. The normalized spacial score (nSPS) is 10.6. The maximum Gasteiger partial charge on any atom is 0.163 e. The van der Waals surface area contributed by atoms with Gasteiger partial charge in [0, 0.05) is 12.6 Å². The Balaban J connectivity index is 2.49. The van der Waals surface area contributed by atoms with Gasteiger partial charge in [-0.1, -0.05) is 23.8 Å². The lowest BCUT2D eigenvalue weighted by molar-refractivity contribution is 0.797. The molecule has 0 saturated carbocycles. The maximum atomic E-state index is 5.55. The molecule has 0 aliphatic heterocycles. The lowest BCUT2D eigenvalue weighted by Gasteiger charge is -2.03. The molecule has 1 aromatic heterocycles. The third-order valence-electron chi connectivity index (χ3n) is 2.42. The van der Waals surface area contributed by atoms with E-state index in [-0.39, 0.29) is 0 Å². The number of hydrogen-bond acceptors (Lipinski definition) is 3. The molecule has 0 radical (unpaired) electrons. The van der Waals surface area contributed by atoms with Crippen LogP contribution >= 0.6 is 0 Å². The van der Waals surface area contributed by atoms with Gasteiger partial charge in [-0.25, -0.2) is 0 Å². The summed E-state index contributed by atoms with van der Waals surface area (Å²) in [6, 6.07) is 8.19. The Morgan fingerprint density at radius 1 is 1.33 bits per heavy atom. The molecule has 1 aromatic carbocycles. The smallest absolute Gasteiger partial charge is 0.163 e. The first-order valence-corrected chi connectivity index (χ1v) is 4.87. The van der Waals surface area contributed by atoms with Gasteiger partial charge in [-0.15, -0.1) is 10.2 Å². The zero-order valence-corrected chi connectivity index (χ0v) is 8.94. The van der Waals surface area contributed by atoms with Crippen LogP contribution in [-0.2, 0) is 13.6 Å². The first-order chi connectivity index (χ1) is 7.22. The summed E-state index contributed by atoms with van der Waals surface area (Å²) in [5.74, 6) is 1.66. The summed E-state index contributed by atoms with van der Waals surface area (Å²) in [6.45, 7) is 2.47. The number of nitrogens with two attached hydrogens (primary N) is 1. The average molecular weight is 202 g/mol. The number of aryl methyl sites for hydroxylation is 1. The van der Waals surface area contributed by atoms with Crippen LogP contribution in [0.4, 0.5) is 0 Å². The fraction of sp³-hybridized carbons (Fsp3) is 0.273. The molecule has 2 rings (SSSR count). The summed E-state index contributed by atoms with van der Waals surface area (Å²) in [5.41, 5.74) is 7.84. The van der Waals surface area contributed by atoms with E-state index in [0.717, 1.165) is 17.2 Å². The fourth-order valence-corrected chi connectivity index (χ4v) is 1.57. The molecule has 0 amide bonds. The fourth-order valence-electron chi connectivity index (χ4n) is 1.57. The average Bonchev–Trinajstić information content (AvgIpc) is 2.59. The van der Waals surface area contributed by atoms with Gasteiger partial charge in [0.15, 0.2) is 5.82 Å². The van der Waals surface area contributed by atoms with Crippen LogP contribution in [0.1, 0.15) is 11.4 Å². The highest BCUT2D eigenvalue weighted by Crippen LogP contribution is 2.17. The monoisotopic (exact) mass is 202 g/mol. The standard InChI is InChI=1S/C11H14N4/c1-8-4-3-5-9(6-8)11-14-13-10(7-12)15(11)2/h3-6H,7,12H2,1-2H3. The molecule has 0 aliphatic rings. The topological polar surface area (TPSA) is 56.7 Å². The quantitative estimate of drug-likeness (QED) is 0.797. The van der Waals surface area contributed by atoms with Crippen LogP contribution in [0.15, 0.2) is 24.3 Å². The Hall–Kier alpha value is -1.68. The molecule has 0 aliphatic carbocycles. The Bertz CT molecular complexity index is 473. The van der Waals surface area contributed by atoms with Crippen molar-refractivity contribution in [2.75, 3.05) is 0 Å². The van der Waals surface area contributed by atoms with Crippen molar-refractivity contribution in [3.05, 3.63) is 35.7 Å². The van der Waals surface area contributed by atoms with Crippen LogP contribution in [0.5, 0.6) is 0 Å². The summed E-state index contributed by atoms with van der Waals surface area (Å²) < 4.78 is 1.93. The molecular formula is C11H14N4. The van der Waals surface area contributed by atoms with Crippen molar-refractivity contribution in [1.29, 1.82) is 0 Å². The molecule has 2 N–H and O–H groups in total. The second-order valence-corrected chi connectivity index (χ2v) is 3.57. The van der Waals surface area contributed by atoms with E-state index < -0.39 is 0 Å². The summed E-state index contributed by atoms with van der Waals surface area (Å²) in [5, 5.41) is 8.16. The van der Waals surface area contributed by atoms with Gasteiger partial charge in [-0.2, -0.15) is 0 Å². The molecule has 2 aromatic rings. The molecule has 4 heteroatoms. The van der Waals surface area contributed by atoms with Gasteiger partial charge in [-0.3, -0.25) is 0 Å². The Morgan fingerprint density at radius 3 is 2.73 bits per heavy atom. The minimum atomic E-state index is 0.412. The number of rotatable bonds is 2. The molecule has 0 unspecified atom stereocenters. The van der Waals surface area contributed by atoms with Crippen LogP contribution in [-0.4, -0.2) is 14.8 Å². The van der Waals surface area contributed by atoms with Crippen LogP contribution in [0, 0.1) is 6.92 Å². The SMILES string of the molecule is Cc1cccc(-c2nnc(CN)n2C)c1. The second kappa shape index (κ2) is 3.82. The molecule has 1 heterocycles. The highest BCUT2D eigenvalue weighted by atomic mass is 15.3. The number of benzene rings is 1. The van der Waals surface area contributed by atoms with Gasteiger partial charge in [0.1, 0.15) is 5.82 Å². The summed E-state index contributed by atoms with van der Waals surface area (Å²) in [7, 11) is 1.93. The predicted molar refractivity (Wildman–Crippen MR) is 59.1 cm³/mol. The highest BCUT2D eigenvalue weighted by molar-refractivity contribution is 5.56. The molecule has 4 nitrogen and oxygen atoms in total. The van der Waals surface area contributed by atoms with Crippen molar-refractivity contribution in [2.45, 2.75) is 13.5 Å². The largest absolute Gasteiger partial charge is 0.324 e. The molecule has 78 valence electrons. The Morgan fingerprint density at radius 2 is 2.13 bits per heavy atom. The molecule has 0 atom stereocenters. The van der Waals surface area contributed by atoms with Crippen molar-refractivity contribution in [2.24, 2.45) is 12.8 Å². The van der Waals surface area contributed by atoms with Gasteiger partial charge in [0.05, 0.1) is 6.54 Å². The van der Waals surface area contributed by atoms with E-state index in [1.807, 2.05) is 23.7 Å². The zero-order valence-electron chi connectivity index (χ0n) is 8.94. The van der Waals surface area contributed by atoms with Gasteiger partial charge in [0.25, 0.3) is 0 Å². The highest BCUT2D eigenvalue weighted by Gasteiger charge is 2.08. The van der Waals surface area contributed by atoms with Gasteiger partial charge in [-0.05, 0) is 13.0 Å². The first-order valence-electron chi connectivity index (χ1n) is 4.87. The van der Waals surface area contributed by atoms with E-state index in [1.54, 1.807) is 0 Å². The maximum absolute atomic E-state index is 5.55. The first kappa shape index (κ1) is 9.86. The third-order valence-corrected chi connectivity index (χ3v) is 2.42. The lowest BCUT2D eigenvalue weighted by Crippen LogP contribution is -2.05. The summed E-state index contributed by atoms with van der Waals surface area (Å²) in [6.07, 6.45) is 0. The van der Waals surface area contributed by atoms with E-state index in [1.165, 1.54) is 5.56 Å². The van der Waals surface area contributed by atoms with Gasteiger partial charge < -0.3 is 10.3 Å². The molecular weight excluding hydrogens is 188 g/mol. The summed E-state index contributed by atoms with van der Waals surface area (Å²) in [4.78, 5) is 0. The van der Waals surface area contributed by atoms with Crippen LogP contribution in [0.25, 0.3) is 11.4 Å². The molecule has 15 heavy (non-hydrogen) atoms. The minimum Gasteiger partial charge on any atom is -0.324 e. The Labute approximate surface area is 88.8 Å². The van der Waals surface area contributed by atoms with E-state index in [0.29, 0.717) is 6.54 Å². The predicted octanol–water partition coefficient (Wildman–Crippen LogP) is 1.25. The number of nitrogens with zero attached hydrogens (tertiary/aromatic N) is 3. The van der Waals surface area contributed by atoms with Crippen molar-refractivity contribution in [1.82, 2.24) is 14.8 Å². The second-order valence-electron chi connectivity index (χ2n) is 3.57. The van der Waals surface area contributed by atoms with Crippen LogP contribution in [0.3, 0.4) is 0 Å². The van der Waals surface area contributed by atoms with E-state index >= 15 is 0 Å². The van der Waals surface area contributed by atoms with Crippen molar-refractivity contribution < 1.29 is 0 Å². The van der Waals surface area contributed by atoms with Crippen molar-refractivity contribution in [3.63, 3.8) is 0 Å². The summed E-state index contributed by atoms with van der Waals surface area (Å²) >= 11 is 0. The van der Waals surface area contributed by atoms with Gasteiger partial charge in [0.2, 0.25) is 0 Å².